The molecule has 0 saturated carbocycles. The van der Waals surface area contributed by atoms with E-state index >= 15 is 0 Å². The van der Waals surface area contributed by atoms with Crippen LogP contribution in [0.2, 0.25) is 0 Å². The molecule has 21 heavy (non-hydrogen) atoms. The Balaban J connectivity index is 2.15. The van der Waals surface area contributed by atoms with E-state index < -0.39 is 10.0 Å². The Hall–Kier alpha value is -0.720. The molecule has 1 saturated heterocycles. The summed E-state index contributed by atoms with van der Waals surface area (Å²) in [4.78, 5) is 0.385. The summed E-state index contributed by atoms with van der Waals surface area (Å²) in [6.45, 7) is 8.34. The van der Waals surface area contributed by atoms with E-state index in [0.29, 0.717) is 28.5 Å². The van der Waals surface area contributed by atoms with Crippen LogP contribution in [-0.4, -0.2) is 42.9 Å². The number of hydrogen-bond acceptors (Lipinski definition) is 4. The Bertz CT molecular complexity index is 548. The van der Waals surface area contributed by atoms with E-state index in [4.69, 9.17) is 0 Å². The first-order valence-corrected chi connectivity index (χ1v) is 9.81. The quantitative estimate of drug-likeness (QED) is 0.902. The van der Waals surface area contributed by atoms with Gasteiger partial charge in [0.05, 0.1) is 4.90 Å². The summed E-state index contributed by atoms with van der Waals surface area (Å²) in [5.41, 5.74) is 0.965. The summed E-state index contributed by atoms with van der Waals surface area (Å²) in [6, 6.07) is 7.08. The first-order valence-electron chi connectivity index (χ1n) is 7.43. The van der Waals surface area contributed by atoms with Gasteiger partial charge in [-0.25, -0.2) is 8.42 Å². The molecule has 6 heteroatoms. The Morgan fingerprint density at radius 2 is 1.76 bits per heavy atom. The van der Waals surface area contributed by atoms with Gasteiger partial charge in [0.25, 0.3) is 0 Å². The number of benzene rings is 1. The number of thioether (sulfide) groups is 1. The summed E-state index contributed by atoms with van der Waals surface area (Å²) >= 11 is 1.85. The molecule has 0 radical (unpaired) electrons. The van der Waals surface area contributed by atoms with Crippen LogP contribution < -0.4 is 5.32 Å². The Labute approximate surface area is 132 Å². The minimum atomic E-state index is -3.37. The third-order valence-electron chi connectivity index (χ3n) is 3.46. The van der Waals surface area contributed by atoms with Gasteiger partial charge in [0, 0.05) is 35.8 Å². The highest BCUT2D eigenvalue weighted by molar-refractivity contribution is 8.00. The van der Waals surface area contributed by atoms with Crippen LogP contribution in [0.4, 0.5) is 5.69 Å². The Morgan fingerprint density at radius 1 is 1.19 bits per heavy atom. The second-order valence-corrected chi connectivity index (χ2v) is 9.35. The van der Waals surface area contributed by atoms with Gasteiger partial charge >= 0.3 is 0 Å². The van der Waals surface area contributed by atoms with E-state index in [-0.39, 0.29) is 0 Å². The van der Waals surface area contributed by atoms with Crippen molar-refractivity contribution >= 4 is 27.5 Å². The fourth-order valence-electron chi connectivity index (χ4n) is 2.49. The highest BCUT2D eigenvalue weighted by atomic mass is 32.2. The summed E-state index contributed by atoms with van der Waals surface area (Å²) in [7, 11) is -3.37. The second kappa shape index (κ2) is 7.03. The minimum Gasteiger partial charge on any atom is -0.385 e. The van der Waals surface area contributed by atoms with Crippen LogP contribution in [0.1, 0.15) is 27.2 Å². The van der Waals surface area contributed by atoms with Crippen LogP contribution in [0.3, 0.4) is 0 Å². The summed E-state index contributed by atoms with van der Waals surface area (Å²) in [5.74, 6) is 0. The van der Waals surface area contributed by atoms with Crippen LogP contribution >= 0.6 is 11.8 Å². The van der Waals surface area contributed by atoms with E-state index in [1.807, 2.05) is 23.9 Å². The lowest BCUT2D eigenvalue weighted by Gasteiger charge is -2.33. The van der Waals surface area contributed by atoms with Gasteiger partial charge in [0.15, 0.2) is 0 Å². The predicted molar refractivity (Wildman–Crippen MR) is 90.5 cm³/mol. The third-order valence-corrected chi connectivity index (χ3v) is 6.53. The van der Waals surface area contributed by atoms with Crippen LogP contribution in [0, 0.1) is 0 Å². The highest BCUT2D eigenvalue weighted by Gasteiger charge is 2.31. The largest absolute Gasteiger partial charge is 0.385 e. The molecule has 1 aliphatic heterocycles. The van der Waals surface area contributed by atoms with Crippen molar-refractivity contribution in [2.45, 2.75) is 42.6 Å². The summed E-state index contributed by atoms with van der Waals surface area (Å²) in [5, 5.41) is 3.94. The Kier molecular flexibility index (Phi) is 5.57. The van der Waals surface area contributed by atoms with Crippen molar-refractivity contribution in [3.05, 3.63) is 24.3 Å². The van der Waals surface area contributed by atoms with E-state index in [9.17, 15) is 8.42 Å². The van der Waals surface area contributed by atoms with E-state index in [1.54, 1.807) is 16.4 Å². The molecule has 0 bridgehead atoms. The molecular formula is C15H24N2O2S2. The highest BCUT2D eigenvalue weighted by Crippen LogP contribution is 2.29. The number of hydrogen-bond donors (Lipinski definition) is 1. The van der Waals surface area contributed by atoms with Crippen LogP contribution in [0.5, 0.6) is 0 Å². The van der Waals surface area contributed by atoms with Gasteiger partial charge in [-0.1, -0.05) is 20.8 Å². The first-order chi connectivity index (χ1) is 9.93. The summed E-state index contributed by atoms with van der Waals surface area (Å²) in [6.07, 6.45) is 1.04. The van der Waals surface area contributed by atoms with Crippen molar-refractivity contribution in [3.8, 4) is 0 Å². The molecule has 4 nitrogen and oxygen atoms in total. The number of anilines is 1. The molecule has 2 rings (SSSR count). The normalized spacial score (nSPS) is 24.0. The molecule has 118 valence electrons. The first kappa shape index (κ1) is 16.6. The fraction of sp³-hybridized carbons (Fsp3) is 0.600. The van der Waals surface area contributed by atoms with Crippen molar-refractivity contribution < 1.29 is 8.42 Å². The smallest absolute Gasteiger partial charge is 0.243 e. The molecule has 2 unspecified atom stereocenters. The average molecular weight is 329 g/mol. The van der Waals surface area contributed by atoms with Crippen LogP contribution in [0.15, 0.2) is 29.2 Å². The van der Waals surface area contributed by atoms with Crippen molar-refractivity contribution in [3.63, 3.8) is 0 Å². The zero-order chi connectivity index (χ0) is 15.5. The van der Waals surface area contributed by atoms with Crippen molar-refractivity contribution in [1.29, 1.82) is 0 Å². The molecule has 1 aliphatic rings. The standard InChI is InChI=1S/C15H24N2O2S2/c1-4-9-16-14-5-7-15(8-6-14)21(18,19)17-10-12(2)20-13(3)11-17/h5-8,12-13,16H,4,9-11H2,1-3H3. The topological polar surface area (TPSA) is 49.4 Å². The van der Waals surface area contributed by atoms with Gasteiger partial charge in [0.1, 0.15) is 0 Å². The number of sulfonamides is 1. The Morgan fingerprint density at radius 3 is 2.29 bits per heavy atom. The molecule has 0 amide bonds. The molecule has 1 aromatic carbocycles. The van der Waals surface area contributed by atoms with E-state index in [1.165, 1.54) is 0 Å². The lowest BCUT2D eigenvalue weighted by atomic mass is 10.3. The average Bonchev–Trinajstić information content (AvgIpc) is 2.44. The maximum absolute atomic E-state index is 12.7. The van der Waals surface area contributed by atoms with Gasteiger partial charge in [-0.2, -0.15) is 16.1 Å². The molecule has 2 atom stereocenters. The number of rotatable bonds is 5. The third kappa shape index (κ3) is 4.14. The predicted octanol–water partition coefficient (Wildman–Crippen LogP) is 3.02. The van der Waals surface area contributed by atoms with Crippen molar-refractivity contribution in [1.82, 2.24) is 4.31 Å². The van der Waals surface area contributed by atoms with E-state index in [2.05, 4.69) is 26.1 Å². The molecule has 0 spiro atoms. The fourth-order valence-corrected chi connectivity index (χ4v) is 5.62. The number of nitrogens with zero attached hydrogens (tertiary/aromatic N) is 1. The molecule has 1 fully saturated rings. The molecule has 0 aromatic heterocycles. The molecule has 1 N–H and O–H groups in total. The molecule has 0 aliphatic carbocycles. The van der Waals surface area contributed by atoms with Crippen molar-refractivity contribution in [2.24, 2.45) is 0 Å². The van der Waals surface area contributed by atoms with Gasteiger partial charge in [-0.15, -0.1) is 0 Å². The minimum absolute atomic E-state index is 0.342. The zero-order valence-corrected chi connectivity index (χ0v) is 14.5. The van der Waals surface area contributed by atoms with Gasteiger partial charge in [-0.3, -0.25) is 0 Å². The molecule has 1 aromatic rings. The van der Waals surface area contributed by atoms with Crippen LogP contribution in [0.25, 0.3) is 0 Å². The SMILES string of the molecule is CCCNc1ccc(S(=O)(=O)N2CC(C)SC(C)C2)cc1. The van der Waals surface area contributed by atoms with Gasteiger partial charge in [-0.05, 0) is 30.7 Å². The molecular weight excluding hydrogens is 304 g/mol. The maximum atomic E-state index is 12.7. The number of nitrogens with one attached hydrogen (secondary N) is 1. The second-order valence-electron chi connectivity index (χ2n) is 5.53. The van der Waals surface area contributed by atoms with Crippen LogP contribution in [-0.2, 0) is 10.0 Å². The van der Waals surface area contributed by atoms with Crippen molar-refractivity contribution in [2.75, 3.05) is 25.0 Å². The zero-order valence-electron chi connectivity index (χ0n) is 12.9. The van der Waals surface area contributed by atoms with Gasteiger partial charge in [0.2, 0.25) is 10.0 Å². The maximum Gasteiger partial charge on any atom is 0.243 e. The lowest BCUT2D eigenvalue weighted by Crippen LogP contribution is -2.43. The molecule has 1 heterocycles. The lowest BCUT2D eigenvalue weighted by molar-refractivity contribution is 0.405. The summed E-state index contributed by atoms with van der Waals surface area (Å²) < 4.78 is 27.0. The monoisotopic (exact) mass is 328 g/mol. The van der Waals surface area contributed by atoms with Gasteiger partial charge < -0.3 is 5.32 Å². The van der Waals surface area contributed by atoms with E-state index in [0.717, 1.165) is 18.7 Å².